The highest BCUT2D eigenvalue weighted by Gasteiger charge is 2.13. The highest BCUT2D eigenvalue weighted by atomic mass is 16.6. The van der Waals surface area contributed by atoms with Gasteiger partial charge in [-0.3, -0.25) is 9.97 Å². The van der Waals surface area contributed by atoms with Crippen molar-refractivity contribution < 1.29 is 14.3 Å². The molecule has 0 aliphatic rings. The van der Waals surface area contributed by atoms with Crippen molar-refractivity contribution in [1.29, 1.82) is 0 Å². The fraction of sp³-hybridized carbons (Fsp3) is 0.182. The second-order valence-corrected chi connectivity index (χ2v) is 3.83. The van der Waals surface area contributed by atoms with E-state index in [0.29, 0.717) is 4.57 Å². The number of H-pyrrole nitrogens is 2. The number of carbonyl (C=O) groups is 2. The van der Waals surface area contributed by atoms with Gasteiger partial charge in [0.2, 0.25) is 0 Å². The average molecular weight is 281 g/mol. The van der Waals surface area contributed by atoms with E-state index in [-0.39, 0.29) is 11.1 Å². The zero-order valence-corrected chi connectivity index (χ0v) is 10.7. The smallest absolute Gasteiger partial charge is 0.343 e. The van der Waals surface area contributed by atoms with Crippen molar-refractivity contribution in [1.82, 2.24) is 14.5 Å². The van der Waals surface area contributed by atoms with Crippen LogP contribution in [0.3, 0.4) is 0 Å². The first-order valence-electron chi connectivity index (χ1n) is 5.28. The van der Waals surface area contributed by atoms with Crippen LogP contribution in [0.1, 0.15) is 13.8 Å². The van der Waals surface area contributed by atoms with Crippen LogP contribution in [0.5, 0.6) is 0 Å². The number of nitrogens with one attached hydrogen (secondary N) is 2. The molecule has 0 radical (unpaired) electrons. The fourth-order valence-electron chi connectivity index (χ4n) is 1.05. The van der Waals surface area contributed by atoms with Gasteiger partial charge in [0.05, 0.1) is 5.57 Å². The third-order valence-corrected chi connectivity index (χ3v) is 2.06. The number of esters is 2. The lowest BCUT2D eigenvalue weighted by molar-refractivity contribution is -0.153. The van der Waals surface area contributed by atoms with E-state index in [2.05, 4.69) is 11.3 Å². The summed E-state index contributed by atoms with van der Waals surface area (Å²) in [6, 6.07) is 0. The number of aromatic amines is 2. The number of rotatable bonds is 3. The Hall–Kier alpha value is -2.97. The van der Waals surface area contributed by atoms with Crippen molar-refractivity contribution in [2.75, 3.05) is 0 Å². The lowest BCUT2D eigenvalue weighted by Gasteiger charge is -2.02. The molecule has 0 amide bonds. The van der Waals surface area contributed by atoms with Gasteiger partial charge in [0.1, 0.15) is 0 Å². The Kier molecular flexibility index (Phi) is 4.36. The summed E-state index contributed by atoms with van der Waals surface area (Å²) in [6.45, 7) is 5.87. The summed E-state index contributed by atoms with van der Waals surface area (Å²) >= 11 is 0. The van der Waals surface area contributed by atoms with E-state index in [1.807, 2.05) is 0 Å². The molecule has 0 fully saturated rings. The van der Waals surface area contributed by atoms with Crippen LogP contribution in [0.2, 0.25) is 0 Å². The lowest BCUT2D eigenvalue weighted by Crippen LogP contribution is -2.41. The standard InChI is InChI=1S/C11H11N3O6/c1-5(2)7(15)20-8(16)6(3)4-14-10(18)12-9(17)13-11(14)19/h4H,1H2,2-3H3,(H2,12,13,17,18,19). The first kappa shape index (κ1) is 15.1. The molecule has 1 rings (SSSR count). The summed E-state index contributed by atoms with van der Waals surface area (Å²) in [4.78, 5) is 59.8. The Balaban J connectivity index is 3.13. The third-order valence-electron chi connectivity index (χ3n) is 2.06. The number of hydrogen-bond acceptors (Lipinski definition) is 6. The predicted molar refractivity (Wildman–Crippen MR) is 67.8 cm³/mol. The van der Waals surface area contributed by atoms with Gasteiger partial charge in [0.25, 0.3) is 0 Å². The minimum atomic E-state index is -1.05. The summed E-state index contributed by atoms with van der Waals surface area (Å²) in [5.41, 5.74) is -3.21. The van der Waals surface area contributed by atoms with Gasteiger partial charge in [-0.15, -0.1) is 0 Å². The molecular weight excluding hydrogens is 270 g/mol. The maximum Gasteiger partial charge on any atom is 0.343 e. The summed E-state index contributed by atoms with van der Waals surface area (Å²) in [7, 11) is 0. The zero-order chi connectivity index (χ0) is 15.4. The van der Waals surface area contributed by atoms with Crippen molar-refractivity contribution in [3.63, 3.8) is 0 Å². The molecule has 0 bridgehead atoms. The fourth-order valence-corrected chi connectivity index (χ4v) is 1.05. The molecule has 20 heavy (non-hydrogen) atoms. The normalized spacial score (nSPS) is 11.0. The second-order valence-electron chi connectivity index (χ2n) is 3.83. The molecule has 0 saturated heterocycles. The number of ether oxygens (including phenoxy) is 1. The molecule has 106 valence electrons. The minimum absolute atomic E-state index is 0.0187. The van der Waals surface area contributed by atoms with E-state index in [1.165, 1.54) is 13.8 Å². The topological polar surface area (TPSA) is 131 Å². The van der Waals surface area contributed by atoms with Crippen LogP contribution in [-0.2, 0) is 14.3 Å². The number of hydrogen-bond donors (Lipinski definition) is 2. The first-order chi connectivity index (χ1) is 9.22. The third kappa shape index (κ3) is 3.51. The van der Waals surface area contributed by atoms with Crippen molar-refractivity contribution in [3.05, 3.63) is 49.2 Å². The molecule has 9 nitrogen and oxygen atoms in total. The maximum absolute atomic E-state index is 11.5. The Bertz CT molecular complexity index is 742. The summed E-state index contributed by atoms with van der Waals surface area (Å²) < 4.78 is 4.87. The lowest BCUT2D eigenvalue weighted by atomic mass is 10.3. The molecule has 0 saturated carbocycles. The van der Waals surface area contributed by atoms with Gasteiger partial charge >= 0.3 is 29.0 Å². The Morgan fingerprint density at radius 2 is 1.60 bits per heavy atom. The molecule has 1 aromatic heterocycles. The Morgan fingerprint density at radius 3 is 2.05 bits per heavy atom. The first-order valence-corrected chi connectivity index (χ1v) is 5.28. The van der Waals surface area contributed by atoms with Gasteiger partial charge in [-0.25, -0.2) is 28.5 Å². The van der Waals surface area contributed by atoms with Crippen molar-refractivity contribution in [2.24, 2.45) is 0 Å². The molecule has 1 aromatic rings. The number of carbonyl (C=O) groups excluding carboxylic acids is 2. The summed E-state index contributed by atoms with van der Waals surface area (Å²) in [6.07, 6.45) is 0.838. The Morgan fingerprint density at radius 1 is 1.10 bits per heavy atom. The molecule has 0 aliphatic carbocycles. The highest BCUT2D eigenvalue weighted by molar-refractivity contribution is 6.02. The number of nitrogens with zero attached hydrogens (tertiary/aromatic N) is 1. The van der Waals surface area contributed by atoms with E-state index in [1.54, 1.807) is 9.97 Å². The Labute approximate surface area is 111 Å². The SMILES string of the molecule is C=C(C)C(=O)OC(=O)C(C)=Cn1c(=O)[nH]c(=O)[nH]c1=O. The number of aromatic nitrogens is 3. The predicted octanol–water partition coefficient (Wildman–Crippen LogP) is -1.27. The van der Waals surface area contributed by atoms with E-state index in [9.17, 15) is 24.0 Å². The van der Waals surface area contributed by atoms with E-state index >= 15 is 0 Å². The van der Waals surface area contributed by atoms with Gasteiger partial charge in [0.15, 0.2) is 0 Å². The van der Waals surface area contributed by atoms with E-state index in [4.69, 9.17) is 0 Å². The van der Waals surface area contributed by atoms with Gasteiger partial charge in [-0.2, -0.15) is 0 Å². The second kappa shape index (κ2) is 5.78. The van der Waals surface area contributed by atoms with Crippen molar-refractivity contribution >= 4 is 18.1 Å². The van der Waals surface area contributed by atoms with E-state index in [0.717, 1.165) is 6.20 Å². The van der Waals surface area contributed by atoms with Crippen molar-refractivity contribution in [3.8, 4) is 0 Å². The van der Waals surface area contributed by atoms with Gasteiger partial charge in [-0.1, -0.05) is 6.58 Å². The molecule has 0 aromatic carbocycles. The maximum atomic E-state index is 11.5. The van der Waals surface area contributed by atoms with Crippen molar-refractivity contribution in [2.45, 2.75) is 13.8 Å². The van der Waals surface area contributed by atoms with Crippen LogP contribution in [0.4, 0.5) is 0 Å². The molecular formula is C11H11N3O6. The quantitative estimate of drug-likeness (QED) is 0.403. The molecule has 0 aliphatic heterocycles. The molecule has 0 atom stereocenters. The van der Waals surface area contributed by atoms with Gasteiger partial charge in [0, 0.05) is 11.8 Å². The van der Waals surface area contributed by atoms with Crippen LogP contribution in [0.25, 0.3) is 6.20 Å². The summed E-state index contributed by atoms with van der Waals surface area (Å²) in [5, 5.41) is 0. The molecule has 9 heteroatoms. The van der Waals surface area contributed by atoms with E-state index < -0.39 is 29.0 Å². The summed E-state index contributed by atoms with van der Waals surface area (Å²) in [5.74, 6) is -1.97. The molecule has 0 spiro atoms. The van der Waals surface area contributed by atoms with Crippen LogP contribution >= 0.6 is 0 Å². The minimum Gasteiger partial charge on any atom is -0.386 e. The van der Waals surface area contributed by atoms with Gasteiger partial charge in [-0.05, 0) is 13.8 Å². The van der Waals surface area contributed by atoms with Crippen LogP contribution in [-0.4, -0.2) is 26.5 Å². The largest absolute Gasteiger partial charge is 0.386 e. The molecule has 1 heterocycles. The average Bonchev–Trinajstić information content (AvgIpc) is 2.32. The van der Waals surface area contributed by atoms with Gasteiger partial charge < -0.3 is 4.74 Å². The molecule has 2 N–H and O–H groups in total. The van der Waals surface area contributed by atoms with Crippen LogP contribution in [0, 0.1) is 0 Å². The van der Waals surface area contributed by atoms with Crippen LogP contribution in [0.15, 0.2) is 32.1 Å². The highest BCUT2D eigenvalue weighted by Crippen LogP contribution is 2.00. The molecule has 0 unspecified atom stereocenters. The van der Waals surface area contributed by atoms with Crippen LogP contribution < -0.4 is 17.1 Å². The zero-order valence-electron chi connectivity index (χ0n) is 10.7. The monoisotopic (exact) mass is 281 g/mol.